The third-order valence-electron chi connectivity index (χ3n) is 4.53. The van der Waals surface area contributed by atoms with E-state index in [0.717, 1.165) is 19.4 Å². The van der Waals surface area contributed by atoms with Crippen molar-refractivity contribution in [2.75, 3.05) is 6.54 Å². The van der Waals surface area contributed by atoms with E-state index in [1.165, 1.54) is 36.9 Å². The molecule has 0 saturated carbocycles. The van der Waals surface area contributed by atoms with E-state index >= 15 is 0 Å². The maximum absolute atomic E-state index is 9.58. The monoisotopic (exact) mass is 296 g/mol. The molecule has 0 unspecified atom stereocenters. The lowest BCUT2D eigenvalue weighted by atomic mass is 9.95. The second-order valence-corrected chi connectivity index (χ2v) is 6.19. The molecule has 0 radical (unpaired) electrons. The fourth-order valence-electron chi connectivity index (χ4n) is 3.37. The van der Waals surface area contributed by atoms with Crippen LogP contribution in [0.4, 0.5) is 0 Å². The van der Waals surface area contributed by atoms with Crippen LogP contribution in [-0.2, 0) is 13.0 Å². The predicted molar refractivity (Wildman–Crippen MR) is 88.7 cm³/mol. The molecule has 1 atom stereocenters. The molecule has 116 valence electrons. The van der Waals surface area contributed by atoms with Gasteiger partial charge in [-0.15, -0.1) is 0 Å². The number of phenols is 1. The molecule has 3 nitrogen and oxygen atoms in total. The number of aromatic hydroxyl groups is 1. The van der Waals surface area contributed by atoms with Gasteiger partial charge in [0.15, 0.2) is 0 Å². The third kappa shape index (κ3) is 4.08. The molecule has 0 spiro atoms. The summed E-state index contributed by atoms with van der Waals surface area (Å²) in [5.41, 5.74) is 2.53. The van der Waals surface area contributed by atoms with Gasteiger partial charge in [-0.05, 0) is 61.6 Å². The highest BCUT2D eigenvalue weighted by Gasteiger charge is 2.22. The first-order valence-corrected chi connectivity index (χ1v) is 8.22. The van der Waals surface area contributed by atoms with Crippen LogP contribution in [0.3, 0.4) is 0 Å². The Kier molecular flexibility index (Phi) is 5.07. The lowest BCUT2D eigenvalue weighted by Crippen LogP contribution is -2.39. The summed E-state index contributed by atoms with van der Waals surface area (Å²) >= 11 is 0. The van der Waals surface area contributed by atoms with E-state index in [-0.39, 0.29) is 0 Å². The fourth-order valence-corrected chi connectivity index (χ4v) is 3.37. The zero-order valence-corrected chi connectivity index (χ0v) is 13.0. The van der Waals surface area contributed by atoms with Crippen molar-refractivity contribution in [2.24, 2.45) is 0 Å². The summed E-state index contributed by atoms with van der Waals surface area (Å²) in [6.45, 7) is 2.18. The van der Waals surface area contributed by atoms with Crippen LogP contribution < -0.4 is 0 Å². The standard InChI is InChI=1S/C19H24N2O/c22-19-8-3-5-16(13-19)9-10-18-7-1-2-12-21(18)15-17-6-4-11-20-14-17/h3-6,8,11,13-14,18,22H,1-2,7,9-10,12,15H2/t18-/m1/s1. The number of hydrogen-bond acceptors (Lipinski definition) is 3. The van der Waals surface area contributed by atoms with Crippen LogP contribution in [0.1, 0.15) is 36.8 Å². The second kappa shape index (κ2) is 7.41. The summed E-state index contributed by atoms with van der Waals surface area (Å²) in [4.78, 5) is 6.82. The Labute approximate surface area is 132 Å². The van der Waals surface area contributed by atoms with Gasteiger partial charge >= 0.3 is 0 Å². The molecule has 1 aliphatic heterocycles. The zero-order chi connectivity index (χ0) is 15.2. The highest BCUT2D eigenvalue weighted by molar-refractivity contribution is 5.27. The first-order valence-electron chi connectivity index (χ1n) is 8.22. The van der Waals surface area contributed by atoms with Crippen molar-refractivity contribution in [1.29, 1.82) is 0 Å². The number of hydrogen-bond donors (Lipinski definition) is 1. The molecule has 3 rings (SSSR count). The summed E-state index contributed by atoms with van der Waals surface area (Å²) in [5, 5.41) is 9.58. The quantitative estimate of drug-likeness (QED) is 0.912. The van der Waals surface area contributed by atoms with Gasteiger partial charge in [0, 0.05) is 25.0 Å². The topological polar surface area (TPSA) is 36.4 Å². The Morgan fingerprint density at radius 2 is 2.05 bits per heavy atom. The van der Waals surface area contributed by atoms with Crippen LogP contribution in [0.2, 0.25) is 0 Å². The van der Waals surface area contributed by atoms with Crippen LogP contribution in [0.25, 0.3) is 0 Å². The third-order valence-corrected chi connectivity index (χ3v) is 4.53. The smallest absolute Gasteiger partial charge is 0.115 e. The van der Waals surface area contributed by atoms with E-state index in [4.69, 9.17) is 0 Å². The van der Waals surface area contributed by atoms with E-state index in [1.807, 2.05) is 30.6 Å². The number of piperidine rings is 1. The molecule has 2 aromatic rings. The average Bonchev–Trinajstić information content (AvgIpc) is 2.55. The Morgan fingerprint density at radius 3 is 2.86 bits per heavy atom. The van der Waals surface area contributed by atoms with Gasteiger partial charge in [-0.1, -0.05) is 24.6 Å². The van der Waals surface area contributed by atoms with Gasteiger partial charge in [0.1, 0.15) is 5.75 Å². The molecule has 1 N–H and O–H groups in total. The van der Waals surface area contributed by atoms with Gasteiger partial charge in [-0.2, -0.15) is 0 Å². The second-order valence-electron chi connectivity index (χ2n) is 6.19. The summed E-state index contributed by atoms with van der Waals surface area (Å²) in [7, 11) is 0. The number of nitrogens with zero attached hydrogens (tertiary/aromatic N) is 2. The van der Waals surface area contributed by atoms with Crippen molar-refractivity contribution in [3.05, 3.63) is 59.9 Å². The lowest BCUT2D eigenvalue weighted by Gasteiger charge is -2.36. The first-order chi connectivity index (χ1) is 10.8. The molecule has 22 heavy (non-hydrogen) atoms. The van der Waals surface area contributed by atoms with Crippen LogP contribution >= 0.6 is 0 Å². The SMILES string of the molecule is Oc1cccc(CC[C@H]2CCCCN2Cc2cccnc2)c1. The average molecular weight is 296 g/mol. The van der Waals surface area contributed by atoms with Gasteiger partial charge in [-0.3, -0.25) is 9.88 Å². The summed E-state index contributed by atoms with van der Waals surface area (Å²) in [6, 6.07) is 12.5. The molecule has 1 aromatic carbocycles. The van der Waals surface area contributed by atoms with Crippen molar-refractivity contribution in [3.8, 4) is 5.75 Å². The van der Waals surface area contributed by atoms with E-state index in [1.54, 1.807) is 6.07 Å². The van der Waals surface area contributed by atoms with Gasteiger partial charge < -0.3 is 5.11 Å². The van der Waals surface area contributed by atoms with Gasteiger partial charge in [0.05, 0.1) is 0 Å². The molecule has 2 heterocycles. The molecule has 0 aliphatic carbocycles. The molecule has 1 fully saturated rings. The maximum Gasteiger partial charge on any atom is 0.115 e. The normalized spacial score (nSPS) is 19.2. The zero-order valence-electron chi connectivity index (χ0n) is 13.0. The summed E-state index contributed by atoms with van der Waals surface area (Å²) in [6.07, 6.45) is 9.89. The Morgan fingerprint density at radius 1 is 1.14 bits per heavy atom. The van der Waals surface area contributed by atoms with Gasteiger partial charge in [-0.25, -0.2) is 0 Å². The van der Waals surface area contributed by atoms with Crippen LogP contribution in [0.15, 0.2) is 48.8 Å². The molecule has 1 saturated heterocycles. The minimum atomic E-state index is 0.369. The van der Waals surface area contributed by atoms with Crippen molar-refractivity contribution in [2.45, 2.75) is 44.7 Å². The predicted octanol–water partition coefficient (Wildman–Crippen LogP) is 3.77. The number of aryl methyl sites for hydroxylation is 1. The van der Waals surface area contributed by atoms with E-state index < -0.39 is 0 Å². The van der Waals surface area contributed by atoms with E-state index in [2.05, 4.69) is 22.0 Å². The highest BCUT2D eigenvalue weighted by atomic mass is 16.3. The van der Waals surface area contributed by atoms with Crippen molar-refractivity contribution >= 4 is 0 Å². The number of phenolic OH excluding ortho intramolecular Hbond substituents is 1. The van der Waals surface area contributed by atoms with Crippen molar-refractivity contribution < 1.29 is 5.11 Å². The number of pyridine rings is 1. The van der Waals surface area contributed by atoms with E-state index in [0.29, 0.717) is 11.8 Å². The first kappa shape index (κ1) is 15.0. The molecule has 0 amide bonds. The number of benzene rings is 1. The Bertz CT molecular complexity index is 585. The Balaban J connectivity index is 1.60. The van der Waals surface area contributed by atoms with Crippen molar-refractivity contribution in [1.82, 2.24) is 9.88 Å². The largest absolute Gasteiger partial charge is 0.508 e. The van der Waals surface area contributed by atoms with E-state index in [9.17, 15) is 5.11 Å². The number of likely N-dealkylation sites (tertiary alicyclic amines) is 1. The lowest BCUT2D eigenvalue weighted by molar-refractivity contribution is 0.132. The molecule has 1 aliphatic rings. The van der Waals surface area contributed by atoms with Crippen molar-refractivity contribution in [3.63, 3.8) is 0 Å². The van der Waals surface area contributed by atoms with Crippen LogP contribution in [0, 0.1) is 0 Å². The molecule has 3 heteroatoms. The minimum Gasteiger partial charge on any atom is -0.508 e. The van der Waals surface area contributed by atoms with Crippen LogP contribution in [-0.4, -0.2) is 27.6 Å². The summed E-state index contributed by atoms with van der Waals surface area (Å²) in [5.74, 6) is 0.369. The molecule has 1 aromatic heterocycles. The Hall–Kier alpha value is -1.87. The van der Waals surface area contributed by atoms with Gasteiger partial charge in [0.2, 0.25) is 0 Å². The highest BCUT2D eigenvalue weighted by Crippen LogP contribution is 2.24. The number of aromatic nitrogens is 1. The molecule has 0 bridgehead atoms. The molecular formula is C19H24N2O. The minimum absolute atomic E-state index is 0.369. The maximum atomic E-state index is 9.58. The van der Waals surface area contributed by atoms with Crippen LogP contribution in [0.5, 0.6) is 5.75 Å². The fraction of sp³-hybridized carbons (Fsp3) is 0.421. The molecular weight excluding hydrogens is 272 g/mol. The number of rotatable bonds is 5. The van der Waals surface area contributed by atoms with Gasteiger partial charge in [0.25, 0.3) is 0 Å². The summed E-state index contributed by atoms with van der Waals surface area (Å²) < 4.78 is 0.